The Morgan fingerprint density at radius 1 is 1.30 bits per heavy atom. The van der Waals surface area contributed by atoms with Crippen molar-refractivity contribution in [1.82, 2.24) is 9.38 Å². The van der Waals surface area contributed by atoms with E-state index in [0.29, 0.717) is 11.3 Å². The van der Waals surface area contributed by atoms with Crippen molar-refractivity contribution in [2.24, 2.45) is 0 Å². The number of fused-ring (bicyclic) bond motifs is 1. The van der Waals surface area contributed by atoms with Crippen LogP contribution >= 0.6 is 11.6 Å². The molecule has 0 bridgehead atoms. The number of hydrogen-bond acceptors (Lipinski definition) is 2. The lowest BCUT2D eigenvalue weighted by Crippen LogP contribution is -2.02. The fourth-order valence-electron chi connectivity index (χ4n) is 2.11. The SMILES string of the molecule is OC(Cc1ccc(Cl)c(F)c1)c1cn2ccccc2n1. The maximum absolute atomic E-state index is 13.4. The third kappa shape index (κ3) is 2.53. The van der Waals surface area contributed by atoms with E-state index in [1.165, 1.54) is 12.1 Å². The van der Waals surface area contributed by atoms with Crippen molar-refractivity contribution in [2.75, 3.05) is 0 Å². The molecular weight excluding hydrogens is 279 g/mol. The summed E-state index contributed by atoms with van der Waals surface area (Å²) in [5.74, 6) is -0.480. The van der Waals surface area contributed by atoms with Gasteiger partial charge >= 0.3 is 0 Å². The average Bonchev–Trinajstić information content (AvgIpc) is 2.87. The summed E-state index contributed by atoms with van der Waals surface area (Å²) in [5, 5.41) is 10.3. The van der Waals surface area contributed by atoms with Crippen LogP contribution in [0, 0.1) is 5.82 Å². The van der Waals surface area contributed by atoms with E-state index in [0.717, 1.165) is 5.65 Å². The van der Waals surface area contributed by atoms with Gasteiger partial charge in [-0.2, -0.15) is 0 Å². The molecule has 0 saturated carbocycles. The maximum Gasteiger partial charge on any atom is 0.142 e. The molecule has 102 valence electrons. The van der Waals surface area contributed by atoms with Crippen molar-refractivity contribution in [3.05, 3.63) is 70.9 Å². The molecule has 20 heavy (non-hydrogen) atoms. The third-order valence-electron chi connectivity index (χ3n) is 3.14. The first kappa shape index (κ1) is 13.1. The average molecular weight is 291 g/mol. The highest BCUT2D eigenvalue weighted by Gasteiger charge is 2.13. The summed E-state index contributed by atoms with van der Waals surface area (Å²) in [4.78, 5) is 4.34. The molecule has 0 radical (unpaired) electrons. The Balaban J connectivity index is 1.84. The molecule has 2 heterocycles. The topological polar surface area (TPSA) is 37.5 Å². The van der Waals surface area contributed by atoms with Gasteiger partial charge in [-0.05, 0) is 29.8 Å². The molecule has 1 N–H and O–H groups in total. The fraction of sp³-hybridized carbons (Fsp3) is 0.133. The van der Waals surface area contributed by atoms with Crippen molar-refractivity contribution in [2.45, 2.75) is 12.5 Å². The van der Waals surface area contributed by atoms with Gasteiger partial charge in [0.15, 0.2) is 0 Å². The summed E-state index contributed by atoms with van der Waals surface area (Å²) in [7, 11) is 0. The van der Waals surface area contributed by atoms with Gasteiger partial charge in [0.1, 0.15) is 17.6 Å². The monoisotopic (exact) mass is 290 g/mol. The van der Waals surface area contributed by atoms with Crippen LogP contribution in [0.2, 0.25) is 5.02 Å². The van der Waals surface area contributed by atoms with E-state index in [9.17, 15) is 9.50 Å². The number of hydrogen-bond donors (Lipinski definition) is 1. The van der Waals surface area contributed by atoms with E-state index >= 15 is 0 Å². The lowest BCUT2D eigenvalue weighted by molar-refractivity contribution is 0.174. The first-order chi connectivity index (χ1) is 9.63. The van der Waals surface area contributed by atoms with Crippen molar-refractivity contribution in [1.29, 1.82) is 0 Å². The molecular formula is C15H12ClFN2O. The third-order valence-corrected chi connectivity index (χ3v) is 3.44. The van der Waals surface area contributed by atoms with Crippen LogP contribution in [0.1, 0.15) is 17.4 Å². The molecule has 0 amide bonds. The van der Waals surface area contributed by atoms with Gasteiger partial charge in [-0.25, -0.2) is 9.37 Å². The minimum Gasteiger partial charge on any atom is -0.386 e. The first-order valence-corrected chi connectivity index (χ1v) is 6.57. The Morgan fingerprint density at radius 2 is 2.15 bits per heavy atom. The maximum atomic E-state index is 13.4. The Morgan fingerprint density at radius 3 is 2.90 bits per heavy atom. The van der Waals surface area contributed by atoms with E-state index in [-0.39, 0.29) is 11.4 Å². The number of aromatic nitrogens is 2. The zero-order valence-electron chi connectivity index (χ0n) is 10.5. The molecule has 3 aromatic rings. The Hall–Kier alpha value is -1.91. The molecule has 0 spiro atoms. The molecule has 0 aliphatic carbocycles. The summed E-state index contributed by atoms with van der Waals surface area (Å²) in [6.45, 7) is 0. The highest BCUT2D eigenvalue weighted by atomic mass is 35.5. The van der Waals surface area contributed by atoms with Gasteiger partial charge in [-0.1, -0.05) is 23.7 Å². The summed E-state index contributed by atoms with van der Waals surface area (Å²) in [5.41, 5.74) is 2.01. The molecule has 1 atom stereocenters. The Labute approximate surface area is 120 Å². The largest absolute Gasteiger partial charge is 0.386 e. The van der Waals surface area contributed by atoms with Crippen LogP contribution < -0.4 is 0 Å². The smallest absolute Gasteiger partial charge is 0.142 e. The van der Waals surface area contributed by atoms with Gasteiger partial charge in [0, 0.05) is 18.8 Å². The van der Waals surface area contributed by atoms with Crippen LogP contribution in [-0.4, -0.2) is 14.5 Å². The predicted molar refractivity (Wildman–Crippen MR) is 75.3 cm³/mol. The van der Waals surface area contributed by atoms with Gasteiger partial charge in [-0.15, -0.1) is 0 Å². The molecule has 2 aromatic heterocycles. The van der Waals surface area contributed by atoms with Gasteiger partial charge in [0.25, 0.3) is 0 Å². The molecule has 1 aromatic carbocycles. The quantitative estimate of drug-likeness (QED) is 0.803. The minimum absolute atomic E-state index is 0.0796. The highest BCUT2D eigenvalue weighted by Crippen LogP contribution is 2.21. The normalized spacial score (nSPS) is 12.8. The second-order valence-corrected chi connectivity index (χ2v) is 5.01. The Kier molecular flexibility index (Phi) is 3.42. The summed E-state index contributed by atoms with van der Waals surface area (Å²) < 4.78 is 15.2. The van der Waals surface area contributed by atoms with E-state index in [1.807, 2.05) is 28.8 Å². The second-order valence-electron chi connectivity index (χ2n) is 4.60. The van der Waals surface area contributed by atoms with Gasteiger partial charge in [0.05, 0.1) is 10.7 Å². The lowest BCUT2D eigenvalue weighted by Gasteiger charge is -2.08. The van der Waals surface area contributed by atoms with Crippen molar-refractivity contribution < 1.29 is 9.50 Å². The number of imidazole rings is 1. The van der Waals surface area contributed by atoms with Crippen molar-refractivity contribution in [3.63, 3.8) is 0 Å². The molecule has 3 nitrogen and oxygen atoms in total. The van der Waals surface area contributed by atoms with Crippen LogP contribution in [0.3, 0.4) is 0 Å². The molecule has 0 fully saturated rings. The molecule has 0 saturated heterocycles. The zero-order chi connectivity index (χ0) is 14.1. The number of nitrogens with zero attached hydrogens (tertiary/aromatic N) is 2. The number of pyridine rings is 1. The van der Waals surface area contributed by atoms with Crippen LogP contribution in [0.25, 0.3) is 5.65 Å². The van der Waals surface area contributed by atoms with Gasteiger partial charge in [0.2, 0.25) is 0 Å². The second kappa shape index (κ2) is 5.23. The number of halogens is 2. The van der Waals surface area contributed by atoms with E-state index in [2.05, 4.69) is 4.98 Å². The minimum atomic E-state index is -0.782. The standard InChI is InChI=1S/C15H12ClFN2O/c16-11-5-4-10(7-12(11)17)8-14(20)13-9-19-6-2-1-3-15(19)18-13/h1-7,9,14,20H,8H2. The zero-order valence-corrected chi connectivity index (χ0v) is 11.3. The van der Waals surface area contributed by atoms with Gasteiger partial charge in [-0.3, -0.25) is 0 Å². The first-order valence-electron chi connectivity index (χ1n) is 6.19. The highest BCUT2D eigenvalue weighted by molar-refractivity contribution is 6.30. The van der Waals surface area contributed by atoms with Gasteiger partial charge < -0.3 is 9.51 Å². The lowest BCUT2D eigenvalue weighted by atomic mass is 10.1. The van der Waals surface area contributed by atoms with Crippen LogP contribution in [0.15, 0.2) is 48.8 Å². The number of rotatable bonds is 3. The van der Waals surface area contributed by atoms with Crippen LogP contribution in [0.5, 0.6) is 0 Å². The van der Waals surface area contributed by atoms with Crippen molar-refractivity contribution >= 4 is 17.2 Å². The fourth-order valence-corrected chi connectivity index (χ4v) is 2.23. The molecule has 0 aliphatic heterocycles. The van der Waals surface area contributed by atoms with E-state index < -0.39 is 11.9 Å². The molecule has 0 aliphatic rings. The number of aliphatic hydroxyl groups is 1. The summed E-state index contributed by atoms with van der Waals surface area (Å²) in [6, 6.07) is 10.2. The van der Waals surface area contributed by atoms with E-state index in [1.54, 1.807) is 12.3 Å². The summed E-state index contributed by atoms with van der Waals surface area (Å²) in [6.07, 6.45) is 3.14. The van der Waals surface area contributed by atoms with Crippen LogP contribution in [0.4, 0.5) is 4.39 Å². The predicted octanol–water partition coefficient (Wildman–Crippen LogP) is 3.40. The van der Waals surface area contributed by atoms with E-state index in [4.69, 9.17) is 11.6 Å². The number of benzene rings is 1. The number of aliphatic hydroxyl groups excluding tert-OH is 1. The molecule has 5 heteroatoms. The van der Waals surface area contributed by atoms with Crippen LogP contribution in [-0.2, 0) is 6.42 Å². The molecule has 1 unspecified atom stereocenters. The summed E-state index contributed by atoms with van der Waals surface area (Å²) >= 11 is 5.63. The Bertz CT molecular complexity index is 723. The molecule has 3 rings (SSSR count). The van der Waals surface area contributed by atoms with Crippen molar-refractivity contribution in [3.8, 4) is 0 Å².